The average molecular weight is 278 g/mol. The lowest BCUT2D eigenvalue weighted by Crippen LogP contribution is -2.43. The van der Waals surface area contributed by atoms with Gasteiger partial charge in [0.1, 0.15) is 0 Å². The van der Waals surface area contributed by atoms with Gasteiger partial charge in [-0.15, -0.1) is 11.3 Å². The van der Waals surface area contributed by atoms with Gasteiger partial charge < -0.3 is 5.32 Å². The number of nitrogens with zero attached hydrogens (tertiary/aromatic N) is 1. The second-order valence-corrected chi connectivity index (χ2v) is 7.37. The summed E-state index contributed by atoms with van der Waals surface area (Å²) in [5, 5.41) is 5.86. The van der Waals surface area contributed by atoms with Gasteiger partial charge in [-0.1, -0.05) is 13.3 Å². The lowest BCUT2D eigenvalue weighted by Gasteiger charge is -2.40. The Bertz CT molecular complexity index is 420. The van der Waals surface area contributed by atoms with E-state index in [2.05, 4.69) is 35.5 Å². The normalized spacial score (nSPS) is 31.6. The third kappa shape index (κ3) is 2.61. The van der Waals surface area contributed by atoms with E-state index in [4.69, 9.17) is 0 Å². The third-order valence-electron chi connectivity index (χ3n) is 5.05. The quantitative estimate of drug-likeness (QED) is 0.907. The highest BCUT2D eigenvalue weighted by Gasteiger charge is 2.37. The molecule has 1 saturated heterocycles. The van der Waals surface area contributed by atoms with E-state index in [-0.39, 0.29) is 0 Å². The third-order valence-corrected chi connectivity index (χ3v) is 6.05. The largest absolute Gasteiger partial charge is 0.316 e. The van der Waals surface area contributed by atoms with E-state index < -0.39 is 0 Å². The summed E-state index contributed by atoms with van der Waals surface area (Å²) in [4.78, 5) is 4.36. The number of nitrogens with one attached hydrogen (secondary N) is 1. The summed E-state index contributed by atoms with van der Waals surface area (Å²) in [5.41, 5.74) is 2.13. The van der Waals surface area contributed by atoms with Crippen molar-refractivity contribution >= 4 is 11.3 Å². The Kier molecular flexibility index (Phi) is 3.97. The molecule has 1 aromatic heterocycles. The zero-order chi connectivity index (χ0) is 13.3. The molecule has 0 spiro atoms. The monoisotopic (exact) mass is 278 g/mol. The fraction of sp³-hybridized carbons (Fsp3) is 0.750. The van der Waals surface area contributed by atoms with Crippen molar-refractivity contribution in [2.75, 3.05) is 26.2 Å². The number of rotatable bonds is 4. The van der Waals surface area contributed by atoms with Crippen molar-refractivity contribution in [3.05, 3.63) is 21.9 Å². The molecule has 1 fully saturated rings. The molecule has 0 aromatic carbocycles. The van der Waals surface area contributed by atoms with Crippen LogP contribution in [-0.2, 0) is 6.42 Å². The van der Waals surface area contributed by atoms with E-state index in [0.29, 0.717) is 11.5 Å². The molecule has 3 heterocycles. The van der Waals surface area contributed by atoms with Crippen LogP contribution < -0.4 is 5.32 Å². The molecular weight excluding hydrogens is 252 g/mol. The van der Waals surface area contributed by atoms with Gasteiger partial charge >= 0.3 is 0 Å². The van der Waals surface area contributed by atoms with Crippen LogP contribution >= 0.6 is 11.3 Å². The molecule has 1 aromatic rings. The number of hydrogen-bond donors (Lipinski definition) is 1. The molecule has 0 radical (unpaired) electrons. The molecule has 1 N–H and O–H groups in total. The van der Waals surface area contributed by atoms with Gasteiger partial charge in [0.25, 0.3) is 0 Å². The number of fused-ring (bicyclic) bond motifs is 1. The lowest BCUT2D eigenvalue weighted by atomic mass is 9.81. The Hall–Kier alpha value is -0.380. The SMILES string of the molecule is CCCC1(CN2CCc3sccc3C2C)CCNC1. The average Bonchev–Trinajstić information content (AvgIpc) is 3.03. The Morgan fingerprint density at radius 2 is 2.42 bits per heavy atom. The van der Waals surface area contributed by atoms with Crippen LogP contribution in [0.5, 0.6) is 0 Å². The Morgan fingerprint density at radius 3 is 3.16 bits per heavy atom. The molecule has 0 aliphatic carbocycles. The van der Waals surface area contributed by atoms with Crippen LogP contribution in [0.2, 0.25) is 0 Å². The van der Waals surface area contributed by atoms with Crippen molar-refractivity contribution in [2.24, 2.45) is 5.41 Å². The summed E-state index contributed by atoms with van der Waals surface area (Å²) in [6.07, 6.45) is 5.31. The minimum Gasteiger partial charge on any atom is -0.316 e. The Balaban J connectivity index is 1.73. The zero-order valence-electron chi connectivity index (χ0n) is 12.2. The molecule has 2 aliphatic rings. The van der Waals surface area contributed by atoms with E-state index in [9.17, 15) is 0 Å². The van der Waals surface area contributed by atoms with Crippen molar-refractivity contribution in [2.45, 2.75) is 45.6 Å². The Labute approximate surface area is 121 Å². The Morgan fingerprint density at radius 1 is 1.53 bits per heavy atom. The maximum atomic E-state index is 3.59. The summed E-state index contributed by atoms with van der Waals surface area (Å²) >= 11 is 1.94. The molecule has 106 valence electrons. The van der Waals surface area contributed by atoms with Gasteiger partial charge in [-0.3, -0.25) is 4.90 Å². The fourth-order valence-corrected chi connectivity index (χ4v) is 4.92. The van der Waals surface area contributed by atoms with Crippen molar-refractivity contribution in [3.63, 3.8) is 0 Å². The molecule has 0 saturated carbocycles. The zero-order valence-corrected chi connectivity index (χ0v) is 13.1. The second kappa shape index (κ2) is 5.55. The van der Waals surface area contributed by atoms with Crippen LogP contribution in [0.25, 0.3) is 0 Å². The van der Waals surface area contributed by atoms with Gasteiger partial charge in [0, 0.05) is 30.6 Å². The van der Waals surface area contributed by atoms with Crippen molar-refractivity contribution in [1.29, 1.82) is 0 Å². The van der Waals surface area contributed by atoms with Crippen molar-refractivity contribution in [3.8, 4) is 0 Å². The predicted octanol–water partition coefficient (Wildman–Crippen LogP) is 3.45. The first-order valence-corrected chi connectivity index (χ1v) is 8.63. The molecule has 0 amide bonds. The summed E-state index contributed by atoms with van der Waals surface area (Å²) in [5.74, 6) is 0. The predicted molar refractivity (Wildman–Crippen MR) is 82.8 cm³/mol. The van der Waals surface area contributed by atoms with Crippen LogP contribution in [0.4, 0.5) is 0 Å². The summed E-state index contributed by atoms with van der Waals surface area (Å²) < 4.78 is 0. The highest BCUT2D eigenvalue weighted by Crippen LogP contribution is 2.38. The van der Waals surface area contributed by atoms with Crippen molar-refractivity contribution in [1.82, 2.24) is 10.2 Å². The molecule has 2 nitrogen and oxygen atoms in total. The van der Waals surface area contributed by atoms with Crippen molar-refractivity contribution < 1.29 is 0 Å². The minimum absolute atomic E-state index is 0.538. The van der Waals surface area contributed by atoms with Crippen LogP contribution in [0.15, 0.2) is 11.4 Å². The number of thiophene rings is 1. The fourth-order valence-electron chi connectivity index (χ4n) is 3.96. The van der Waals surface area contributed by atoms with E-state index in [1.165, 1.54) is 51.9 Å². The van der Waals surface area contributed by atoms with Crippen LogP contribution in [0.1, 0.15) is 49.6 Å². The molecule has 0 bridgehead atoms. The molecular formula is C16H26N2S. The second-order valence-electron chi connectivity index (χ2n) is 6.37. The van der Waals surface area contributed by atoms with Gasteiger partial charge in [0.05, 0.1) is 0 Å². The molecule has 3 heteroatoms. The smallest absolute Gasteiger partial charge is 0.0331 e. The topological polar surface area (TPSA) is 15.3 Å². The first kappa shape index (κ1) is 13.6. The molecule has 2 aliphatic heterocycles. The van der Waals surface area contributed by atoms with Crippen LogP contribution in [-0.4, -0.2) is 31.1 Å². The summed E-state index contributed by atoms with van der Waals surface area (Å²) in [6, 6.07) is 2.96. The van der Waals surface area contributed by atoms with Crippen LogP contribution in [0, 0.1) is 5.41 Å². The van der Waals surface area contributed by atoms with E-state index in [0.717, 1.165) is 0 Å². The van der Waals surface area contributed by atoms with Gasteiger partial charge in [-0.25, -0.2) is 0 Å². The van der Waals surface area contributed by atoms with Gasteiger partial charge in [-0.2, -0.15) is 0 Å². The van der Waals surface area contributed by atoms with Gasteiger partial charge in [0.15, 0.2) is 0 Å². The highest BCUT2D eigenvalue weighted by molar-refractivity contribution is 7.10. The first-order valence-electron chi connectivity index (χ1n) is 7.75. The minimum atomic E-state index is 0.538. The van der Waals surface area contributed by atoms with E-state index in [1.807, 2.05) is 11.3 Å². The standard InChI is InChI=1S/C16H26N2S/c1-3-6-16(7-8-17-11-16)12-18-9-4-15-14(13(18)2)5-10-19-15/h5,10,13,17H,3-4,6-9,11-12H2,1-2H3. The van der Waals surface area contributed by atoms with Gasteiger partial charge in [0.2, 0.25) is 0 Å². The van der Waals surface area contributed by atoms with Gasteiger partial charge in [-0.05, 0) is 55.2 Å². The maximum absolute atomic E-state index is 3.59. The maximum Gasteiger partial charge on any atom is 0.0331 e. The molecule has 3 rings (SSSR count). The van der Waals surface area contributed by atoms with E-state index >= 15 is 0 Å². The summed E-state index contributed by atoms with van der Waals surface area (Å²) in [7, 11) is 0. The van der Waals surface area contributed by atoms with Crippen LogP contribution in [0.3, 0.4) is 0 Å². The summed E-state index contributed by atoms with van der Waals surface area (Å²) in [6.45, 7) is 9.69. The van der Waals surface area contributed by atoms with E-state index in [1.54, 1.807) is 10.4 Å². The lowest BCUT2D eigenvalue weighted by molar-refractivity contribution is 0.112. The first-order chi connectivity index (χ1) is 9.24. The molecule has 2 atom stereocenters. The molecule has 19 heavy (non-hydrogen) atoms. The highest BCUT2D eigenvalue weighted by atomic mass is 32.1. The molecule has 2 unspecified atom stereocenters. The number of hydrogen-bond acceptors (Lipinski definition) is 3.